The van der Waals surface area contributed by atoms with Gasteiger partial charge in [-0.05, 0) is 24.3 Å². The number of carboxylic acid groups (broad SMARTS) is 1. The Morgan fingerprint density at radius 3 is 2.77 bits per heavy atom. The molecule has 4 N–H and O–H groups in total. The highest BCUT2D eigenvalue weighted by atomic mass is 35.5. The van der Waals surface area contributed by atoms with Crippen molar-refractivity contribution < 1.29 is 9.90 Å². The number of carbonyl (C=O) groups is 1. The van der Waals surface area contributed by atoms with Crippen molar-refractivity contribution in [2.24, 2.45) is 0 Å². The Bertz CT molecular complexity index is 860. The summed E-state index contributed by atoms with van der Waals surface area (Å²) in [6, 6.07) is 10.1. The van der Waals surface area contributed by atoms with Gasteiger partial charge >= 0.3 is 5.97 Å². The fourth-order valence-electron chi connectivity index (χ4n) is 2.16. The van der Waals surface area contributed by atoms with E-state index in [9.17, 15) is 9.90 Å². The average Bonchev–Trinajstić information content (AvgIpc) is 2.92. The minimum Gasteiger partial charge on any atom is -0.478 e. The van der Waals surface area contributed by atoms with E-state index in [1.807, 2.05) is 0 Å². The van der Waals surface area contributed by atoms with Gasteiger partial charge < -0.3 is 15.8 Å². The molecule has 110 valence electrons. The lowest BCUT2D eigenvalue weighted by atomic mass is 10.1. The van der Waals surface area contributed by atoms with Crippen LogP contribution in [0.5, 0.6) is 0 Å². The van der Waals surface area contributed by atoms with E-state index in [0.717, 1.165) is 0 Å². The van der Waals surface area contributed by atoms with Gasteiger partial charge in [-0.1, -0.05) is 23.7 Å². The molecule has 0 unspecified atom stereocenters. The highest BCUT2D eigenvalue weighted by Crippen LogP contribution is 2.29. The van der Waals surface area contributed by atoms with E-state index in [4.69, 9.17) is 17.3 Å². The molecule has 2 heterocycles. The summed E-state index contributed by atoms with van der Waals surface area (Å²) in [5, 5.41) is 9.92. The second kappa shape index (κ2) is 5.50. The van der Waals surface area contributed by atoms with Gasteiger partial charge in [0, 0.05) is 16.8 Å². The zero-order valence-electron chi connectivity index (χ0n) is 11.2. The van der Waals surface area contributed by atoms with Crippen molar-refractivity contribution in [3.05, 3.63) is 53.2 Å². The molecule has 6 nitrogen and oxygen atoms in total. The number of aromatic nitrogens is 3. The molecule has 0 spiro atoms. The van der Waals surface area contributed by atoms with Crippen LogP contribution in [-0.2, 0) is 0 Å². The van der Waals surface area contributed by atoms with E-state index < -0.39 is 5.97 Å². The van der Waals surface area contributed by atoms with Gasteiger partial charge in [0.2, 0.25) is 5.95 Å². The maximum absolute atomic E-state index is 11.5. The van der Waals surface area contributed by atoms with E-state index >= 15 is 0 Å². The van der Waals surface area contributed by atoms with Crippen molar-refractivity contribution in [1.29, 1.82) is 0 Å². The van der Waals surface area contributed by atoms with E-state index in [2.05, 4.69) is 15.0 Å². The Labute approximate surface area is 130 Å². The molecule has 0 aliphatic rings. The van der Waals surface area contributed by atoms with Gasteiger partial charge in [-0.25, -0.2) is 14.8 Å². The number of nitrogens with one attached hydrogen (secondary N) is 1. The van der Waals surface area contributed by atoms with Crippen molar-refractivity contribution in [1.82, 2.24) is 15.0 Å². The summed E-state index contributed by atoms with van der Waals surface area (Å²) in [5.74, 6) is -0.923. The second-order valence-electron chi connectivity index (χ2n) is 4.59. The first-order chi connectivity index (χ1) is 10.5. The summed E-state index contributed by atoms with van der Waals surface area (Å²) in [4.78, 5) is 22.4. The van der Waals surface area contributed by atoms with E-state index in [0.29, 0.717) is 27.7 Å². The van der Waals surface area contributed by atoms with Crippen LogP contribution in [0.15, 0.2) is 42.6 Å². The fraction of sp³-hybridized carbons (Fsp3) is 0. The molecule has 2 aromatic heterocycles. The third-order valence-electron chi connectivity index (χ3n) is 3.11. The van der Waals surface area contributed by atoms with Crippen LogP contribution in [0, 0.1) is 0 Å². The first-order valence-corrected chi connectivity index (χ1v) is 6.73. The van der Waals surface area contributed by atoms with Crippen LogP contribution in [0.1, 0.15) is 10.4 Å². The number of halogens is 1. The van der Waals surface area contributed by atoms with Crippen LogP contribution >= 0.6 is 11.6 Å². The van der Waals surface area contributed by atoms with Crippen LogP contribution in [0.25, 0.3) is 22.6 Å². The quantitative estimate of drug-likeness (QED) is 0.689. The number of nitrogens with two attached hydrogens (primary N) is 1. The number of nitrogen functional groups attached to an aromatic ring is 1. The number of aromatic carboxylic acids is 1. The summed E-state index contributed by atoms with van der Waals surface area (Å²) in [5.41, 5.74) is 7.89. The molecule has 22 heavy (non-hydrogen) atoms. The molecular weight excluding hydrogens is 304 g/mol. The molecule has 1 aromatic carbocycles. The molecular formula is C15H11ClN4O2. The Morgan fingerprint density at radius 1 is 1.27 bits per heavy atom. The maximum atomic E-state index is 11.5. The lowest BCUT2D eigenvalue weighted by Gasteiger charge is -2.02. The molecule has 0 amide bonds. The summed E-state index contributed by atoms with van der Waals surface area (Å²) in [6.45, 7) is 0. The van der Waals surface area contributed by atoms with E-state index in [1.54, 1.807) is 30.3 Å². The van der Waals surface area contributed by atoms with Gasteiger partial charge in [0.15, 0.2) is 0 Å². The average molecular weight is 315 g/mol. The maximum Gasteiger partial charge on any atom is 0.337 e. The number of aromatic amines is 1. The Kier molecular flexibility index (Phi) is 3.52. The Morgan fingerprint density at radius 2 is 2.09 bits per heavy atom. The molecule has 0 radical (unpaired) electrons. The molecule has 0 atom stereocenters. The van der Waals surface area contributed by atoms with Crippen molar-refractivity contribution in [3.63, 3.8) is 0 Å². The molecule has 0 saturated heterocycles. The Hall–Kier alpha value is -2.86. The molecule has 3 aromatic rings. The first-order valence-electron chi connectivity index (χ1n) is 6.36. The number of hydrogen-bond donors (Lipinski definition) is 3. The van der Waals surface area contributed by atoms with E-state index in [-0.39, 0.29) is 11.5 Å². The molecule has 0 saturated carbocycles. The summed E-state index contributed by atoms with van der Waals surface area (Å²) in [7, 11) is 0. The fourth-order valence-corrected chi connectivity index (χ4v) is 2.35. The number of rotatable bonds is 3. The lowest BCUT2D eigenvalue weighted by molar-refractivity contribution is 0.0698. The molecule has 3 rings (SSSR count). The van der Waals surface area contributed by atoms with Gasteiger partial charge in [0.05, 0.1) is 22.6 Å². The van der Waals surface area contributed by atoms with Crippen LogP contribution in [0.4, 0.5) is 5.95 Å². The van der Waals surface area contributed by atoms with Crippen molar-refractivity contribution in [2.75, 3.05) is 5.73 Å². The van der Waals surface area contributed by atoms with Gasteiger partial charge in [-0.3, -0.25) is 0 Å². The summed E-state index contributed by atoms with van der Waals surface area (Å²) < 4.78 is 0. The smallest absolute Gasteiger partial charge is 0.337 e. The third-order valence-corrected chi connectivity index (χ3v) is 3.35. The van der Waals surface area contributed by atoms with Gasteiger partial charge in [-0.2, -0.15) is 0 Å². The molecule has 0 bridgehead atoms. The third kappa shape index (κ3) is 2.64. The summed E-state index contributed by atoms with van der Waals surface area (Å²) in [6.07, 6.45) is 1.51. The zero-order valence-corrected chi connectivity index (χ0v) is 12.0. The second-order valence-corrected chi connectivity index (χ2v) is 5.02. The van der Waals surface area contributed by atoms with Crippen LogP contribution in [-0.4, -0.2) is 26.0 Å². The number of hydrogen-bond acceptors (Lipinski definition) is 4. The largest absolute Gasteiger partial charge is 0.478 e. The minimum absolute atomic E-state index is 0.119. The predicted octanol–water partition coefficient (Wildman–Crippen LogP) is 3.07. The van der Waals surface area contributed by atoms with E-state index in [1.165, 1.54) is 12.3 Å². The molecule has 0 aliphatic carbocycles. The van der Waals surface area contributed by atoms with Crippen molar-refractivity contribution in [2.45, 2.75) is 0 Å². The van der Waals surface area contributed by atoms with Crippen LogP contribution < -0.4 is 5.73 Å². The highest BCUT2D eigenvalue weighted by Gasteiger charge is 2.17. The number of carboxylic acids is 1. The number of nitrogens with zero attached hydrogens (tertiary/aromatic N) is 2. The lowest BCUT2D eigenvalue weighted by Crippen LogP contribution is -1.96. The zero-order chi connectivity index (χ0) is 15.7. The molecule has 7 heteroatoms. The summed E-state index contributed by atoms with van der Waals surface area (Å²) >= 11 is 5.97. The number of anilines is 1. The monoisotopic (exact) mass is 314 g/mol. The SMILES string of the molecule is Nc1nccc(-c2cc(C(=O)O)c(-c3cccc(Cl)c3)[nH]2)n1. The first kappa shape index (κ1) is 14.1. The Balaban J connectivity index is 2.16. The van der Waals surface area contributed by atoms with Gasteiger partial charge in [0.1, 0.15) is 0 Å². The normalized spacial score (nSPS) is 10.6. The van der Waals surface area contributed by atoms with Crippen molar-refractivity contribution in [3.8, 4) is 22.6 Å². The number of H-pyrrole nitrogens is 1. The molecule has 0 aliphatic heterocycles. The standard InChI is InChI=1S/C15H11ClN4O2/c16-9-3-1-2-8(6-9)13-10(14(21)22)7-12(19-13)11-4-5-18-15(17)20-11/h1-7,19H,(H,21,22)(H2,17,18,20). The van der Waals surface area contributed by atoms with Crippen LogP contribution in [0.3, 0.4) is 0 Å². The predicted molar refractivity (Wildman–Crippen MR) is 83.6 cm³/mol. The van der Waals surface area contributed by atoms with Crippen LogP contribution in [0.2, 0.25) is 5.02 Å². The van der Waals surface area contributed by atoms with Crippen molar-refractivity contribution >= 4 is 23.5 Å². The topological polar surface area (TPSA) is 105 Å². The highest BCUT2D eigenvalue weighted by molar-refractivity contribution is 6.30. The molecule has 0 fully saturated rings. The van der Waals surface area contributed by atoms with Gasteiger partial charge in [0.25, 0.3) is 0 Å². The number of benzene rings is 1. The van der Waals surface area contributed by atoms with Gasteiger partial charge in [-0.15, -0.1) is 0 Å². The minimum atomic E-state index is -1.04.